The highest BCUT2D eigenvalue weighted by Gasteiger charge is 2.24. The molecule has 2 aromatic carbocycles. The van der Waals surface area contributed by atoms with Gasteiger partial charge in [0.05, 0.1) is 4.90 Å². The van der Waals surface area contributed by atoms with Gasteiger partial charge in [0, 0.05) is 43.3 Å². The molecule has 1 N–H and O–H groups in total. The Balaban J connectivity index is 1.56. The zero-order valence-corrected chi connectivity index (χ0v) is 18.7. The van der Waals surface area contributed by atoms with Crippen molar-refractivity contribution in [1.29, 1.82) is 0 Å². The van der Waals surface area contributed by atoms with Crippen molar-refractivity contribution in [3.8, 4) is 0 Å². The Morgan fingerprint density at radius 2 is 1.70 bits per heavy atom. The van der Waals surface area contributed by atoms with Crippen molar-refractivity contribution >= 4 is 33.6 Å². The van der Waals surface area contributed by atoms with E-state index < -0.39 is 10.0 Å². The number of rotatable bonds is 6. The van der Waals surface area contributed by atoms with E-state index in [4.69, 9.17) is 11.6 Å². The predicted octanol–water partition coefficient (Wildman–Crippen LogP) is 3.17. The van der Waals surface area contributed by atoms with Crippen LogP contribution in [-0.2, 0) is 14.8 Å². The van der Waals surface area contributed by atoms with Gasteiger partial charge in [-0.3, -0.25) is 9.69 Å². The molecule has 160 valence electrons. The van der Waals surface area contributed by atoms with Crippen molar-refractivity contribution in [2.24, 2.45) is 0 Å². The summed E-state index contributed by atoms with van der Waals surface area (Å²) in [6, 6.07) is 14.4. The van der Waals surface area contributed by atoms with Gasteiger partial charge in [0.25, 0.3) is 0 Å². The predicted molar refractivity (Wildman–Crippen MR) is 120 cm³/mol. The molecule has 0 aliphatic carbocycles. The first kappa shape index (κ1) is 22.5. The first-order valence-electron chi connectivity index (χ1n) is 9.81. The summed E-state index contributed by atoms with van der Waals surface area (Å²) < 4.78 is 25.8. The zero-order chi connectivity index (χ0) is 21.7. The normalized spacial score (nSPS) is 16.7. The molecule has 1 aliphatic rings. The molecular weight excluding hydrogens is 422 g/mol. The van der Waals surface area contributed by atoms with Gasteiger partial charge in [0.1, 0.15) is 0 Å². The van der Waals surface area contributed by atoms with Gasteiger partial charge in [-0.05, 0) is 49.4 Å². The number of hydrogen-bond acceptors (Lipinski definition) is 4. The van der Waals surface area contributed by atoms with E-state index in [0.29, 0.717) is 13.1 Å². The number of amides is 1. The van der Waals surface area contributed by atoms with Crippen LogP contribution in [-0.4, -0.2) is 57.4 Å². The third kappa shape index (κ3) is 5.29. The van der Waals surface area contributed by atoms with Crippen LogP contribution in [0.3, 0.4) is 0 Å². The number of benzene rings is 2. The van der Waals surface area contributed by atoms with Crippen molar-refractivity contribution < 1.29 is 13.2 Å². The van der Waals surface area contributed by atoms with E-state index in [1.54, 1.807) is 18.2 Å². The number of nitrogens with zero attached hydrogens (tertiary/aromatic N) is 2. The lowest BCUT2D eigenvalue weighted by atomic mass is 10.1. The van der Waals surface area contributed by atoms with Gasteiger partial charge in [-0.1, -0.05) is 41.9 Å². The van der Waals surface area contributed by atoms with Crippen LogP contribution >= 0.6 is 11.6 Å². The maximum atomic E-state index is 12.5. The molecule has 3 rings (SSSR count). The van der Waals surface area contributed by atoms with E-state index in [9.17, 15) is 13.2 Å². The summed E-state index contributed by atoms with van der Waals surface area (Å²) in [6.45, 7) is 5.00. The van der Waals surface area contributed by atoms with E-state index in [0.717, 1.165) is 29.2 Å². The second kappa shape index (κ2) is 9.75. The number of piperazine rings is 1. The van der Waals surface area contributed by atoms with Gasteiger partial charge < -0.3 is 4.90 Å². The fourth-order valence-electron chi connectivity index (χ4n) is 3.49. The Hall–Kier alpha value is -2.19. The minimum atomic E-state index is -3.46. The number of hydrogen-bond donors (Lipinski definition) is 1. The van der Waals surface area contributed by atoms with Crippen LogP contribution in [0.2, 0.25) is 5.02 Å². The van der Waals surface area contributed by atoms with Crippen molar-refractivity contribution in [1.82, 2.24) is 14.5 Å². The Bertz CT molecular complexity index is 1010. The minimum absolute atomic E-state index is 0.0491. The SMILES string of the molecule is CNS(=O)(=O)c1ccc(/C=C/C(=O)N2CCN(C(C)c3ccccc3Cl)CC2)cc1. The molecular formula is C22H26ClN3O3S. The quantitative estimate of drug-likeness (QED) is 0.690. The van der Waals surface area contributed by atoms with Crippen molar-refractivity contribution in [2.45, 2.75) is 17.9 Å². The Labute approximate surface area is 183 Å². The summed E-state index contributed by atoms with van der Waals surface area (Å²) in [7, 11) is -2.09. The van der Waals surface area contributed by atoms with Crippen LogP contribution in [0.15, 0.2) is 59.5 Å². The summed E-state index contributed by atoms with van der Waals surface area (Å²) in [5.41, 5.74) is 1.87. The van der Waals surface area contributed by atoms with Gasteiger partial charge in [-0.25, -0.2) is 13.1 Å². The second-order valence-electron chi connectivity index (χ2n) is 7.17. The highest BCUT2D eigenvalue weighted by molar-refractivity contribution is 7.89. The van der Waals surface area contributed by atoms with E-state index in [-0.39, 0.29) is 16.8 Å². The van der Waals surface area contributed by atoms with Crippen LogP contribution in [0.5, 0.6) is 0 Å². The van der Waals surface area contributed by atoms with Gasteiger partial charge in [0.2, 0.25) is 15.9 Å². The third-order valence-electron chi connectivity index (χ3n) is 5.41. The summed E-state index contributed by atoms with van der Waals surface area (Å²) in [6.07, 6.45) is 3.24. The van der Waals surface area contributed by atoms with Gasteiger partial charge in [0.15, 0.2) is 0 Å². The average molecular weight is 448 g/mol. The topological polar surface area (TPSA) is 69.7 Å². The Morgan fingerprint density at radius 3 is 2.30 bits per heavy atom. The molecule has 1 saturated heterocycles. The number of halogens is 1. The monoisotopic (exact) mass is 447 g/mol. The fourth-order valence-corrected chi connectivity index (χ4v) is 4.51. The van der Waals surface area contributed by atoms with Crippen molar-refractivity contribution in [3.05, 3.63) is 70.8 Å². The van der Waals surface area contributed by atoms with Crippen molar-refractivity contribution in [3.63, 3.8) is 0 Å². The molecule has 1 aliphatic heterocycles. The van der Waals surface area contributed by atoms with Crippen LogP contribution < -0.4 is 4.72 Å². The summed E-state index contributed by atoms with van der Waals surface area (Å²) in [4.78, 5) is 16.9. The molecule has 1 atom stereocenters. The van der Waals surface area contributed by atoms with E-state index in [1.165, 1.54) is 25.3 Å². The maximum Gasteiger partial charge on any atom is 0.246 e. The molecule has 1 unspecified atom stereocenters. The van der Waals surface area contributed by atoms with E-state index >= 15 is 0 Å². The van der Waals surface area contributed by atoms with Crippen LogP contribution in [0, 0.1) is 0 Å². The largest absolute Gasteiger partial charge is 0.337 e. The lowest BCUT2D eigenvalue weighted by molar-refractivity contribution is -0.127. The number of sulfonamides is 1. The minimum Gasteiger partial charge on any atom is -0.337 e. The second-order valence-corrected chi connectivity index (χ2v) is 9.46. The molecule has 0 radical (unpaired) electrons. The van der Waals surface area contributed by atoms with E-state index in [1.807, 2.05) is 29.2 Å². The fraction of sp³-hybridized carbons (Fsp3) is 0.318. The number of carbonyl (C=O) groups excluding carboxylic acids is 1. The average Bonchev–Trinajstić information content (AvgIpc) is 2.77. The molecule has 0 saturated carbocycles. The maximum absolute atomic E-state index is 12.5. The summed E-state index contributed by atoms with van der Waals surface area (Å²) in [5, 5.41) is 0.764. The standard InChI is InChI=1S/C22H26ClN3O3S/c1-17(20-5-3-4-6-21(20)23)25-13-15-26(16-14-25)22(27)12-9-18-7-10-19(11-8-18)30(28,29)24-2/h3-12,17,24H,13-16H2,1-2H3/b12-9+. The highest BCUT2D eigenvalue weighted by Crippen LogP contribution is 2.27. The van der Waals surface area contributed by atoms with Crippen LogP contribution in [0.4, 0.5) is 0 Å². The molecule has 6 nitrogen and oxygen atoms in total. The number of carbonyl (C=O) groups is 1. The highest BCUT2D eigenvalue weighted by atomic mass is 35.5. The zero-order valence-electron chi connectivity index (χ0n) is 17.1. The summed E-state index contributed by atoms with van der Waals surface area (Å²) >= 11 is 6.32. The molecule has 1 amide bonds. The third-order valence-corrected chi connectivity index (χ3v) is 7.18. The number of nitrogens with one attached hydrogen (secondary N) is 1. The Morgan fingerprint density at radius 1 is 1.07 bits per heavy atom. The molecule has 1 heterocycles. The summed E-state index contributed by atoms with van der Waals surface area (Å²) in [5.74, 6) is -0.0491. The van der Waals surface area contributed by atoms with Crippen molar-refractivity contribution in [2.75, 3.05) is 33.2 Å². The molecule has 0 spiro atoms. The first-order valence-corrected chi connectivity index (χ1v) is 11.7. The smallest absolute Gasteiger partial charge is 0.246 e. The lowest BCUT2D eigenvalue weighted by Gasteiger charge is -2.38. The van der Waals surface area contributed by atoms with Crippen LogP contribution in [0.1, 0.15) is 24.1 Å². The first-order chi connectivity index (χ1) is 14.3. The molecule has 2 aromatic rings. The molecule has 0 aromatic heterocycles. The van der Waals surface area contributed by atoms with E-state index in [2.05, 4.69) is 16.5 Å². The van der Waals surface area contributed by atoms with Gasteiger partial charge in [-0.2, -0.15) is 0 Å². The molecule has 30 heavy (non-hydrogen) atoms. The van der Waals surface area contributed by atoms with Gasteiger partial charge >= 0.3 is 0 Å². The molecule has 0 bridgehead atoms. The van der Waals surface area contributed by atoms with Gasteiger partial charge in [-0.15, -0.1) is 0 Å². The lowest BCUT2D eigenvalue weighted by Crippen LogP contribution is -2.48. The molecule has 1 fully saturated rings. The van der Waals surface area contributed by atoms with Crippen LogP contribution in [0.25, 0.3) is 6.08 Å². The Kier molecular flexibility index (Phi) is 7.31. The molecule has 8 heteroatoms.